The lowest BCUT2D eigenvalue weighted by atomic mass is 11.9. The molecule has 1 saturated heterocycles. The van der Waals surface area contributed by atoms with E-state index >= 15 is 0 Å². The Morgan fingerprint density at radius 3 is 0.857 bits per heavy atom. The molecule has 0 aromatic rings. The molecule has 1 aliphatic rings. The highest BCUT2D eigenvalue weighted by Gasteiger charge is 2.61. The molecule has 5 heteroatoms. The van der Waals surface area contributed by atoms with Crippen LogP contribution < -0.4 is 0 Å². The summed E-state index contributed by atoms with van der Waals surface area (Å²) in [6, 6.07) is 0. The van der Waals surface area contributed by atoms with E-state index in [9.17, 15) is 0 Å². The van der Waals surface area contributed by atoms with Crippen molar-refractivity contribution in [3.05, 3.63) is 0 Å². The van der Waals surface area contributed by atoms with E-state index in [0.29, 0.717) is 0 Å². The van der Waals surface area contributed by atoms with Crippen molar-refractivity contribution in [3.8, 4) is 0 Å². The van der Waals surface area contributed by atoms with Crippen LogP contribution in [-0.4, -0.2) is 36.3 Å². The molecule has 14 heavy (non-hydrogen) atoms. The highest BCUT2D eigenvalue weighted by Crippen LogP contribution is 2.45. The van der Waals surface area contributed by atoms with Crippen LogP contribution in [0.25, 0.3) is 0 Å². The largest absolute Gasteiger partial charge is 0.263 e. The van der Waals surface area contributed by atoms with Crippen molar-refractivity contribution in [2.24, 2.45) is 0 Å². The van der Waals surface area contributed by atoms with E-state index in [1.807, 2.05) is 0 Å². The Hall–Kier alpha value is 1.08. The van der Waals surface area contributed by atoms with Crippen LogP contribution in [-0.2, 0) is 0 Å². The lowest BCUT2D eigenvalue weighted by molar-refractivity contribution is 1.83. The second kappa shape index (κ2) is 3.06. The van der Waals surface area contributed by atoms with Crippen molar-refractivity contribution >= 4 is 36.3 Å². The molecule has 1 rings (SSSR count). The summed E-state index contributed by atoms with van der Waals surface area (Å²) >= 11 is 0. The average Bonchev–Trinajstić information content (AvgIpc) is 2.05. The Morgan fingerprint density at radius 2 is 0.786 bits per heavy atom. The third-order valence-corrected chi connectivity index (χ3v) is 122. The number of hydrogen-bond donors (Lipinski definition) is 0. The molecule has 0 amide bonds. The minimum Gasteiger partial charge on any atom is -0.263 e. The minimum absolute atomic E-state index is 0.0787. The Labute approximate surface area is 95.1 Å². The second-order valence-corrected chi connectivity index (χ2v) is 63.4. The summed E-state index contributed by atoms with van der Waals surface area (Å²) in [5, 5.41) is 0. The van der Waals surface area contributed by atoms with Gasteiger partial charge < -0.3 is 0 Å². The van der Waals surface area contributed by atoms with E-state index in [-0.39, 0.29) is 7.83 Å². The maximum atomic E-state index is 2.77. The molecule has 0 radical (unpaired) electrons. The summed E-state index contributed by atoms with van der Waals surface area (Å²) in [5.41, 5.74) is 0. The summed E-state index contributed by atoms with van der Waals surface area (Å²) in [7, 11) is -3.10. The van der Waals surface area contributed by atoms with Crippen molar-refractivity contribution in [3.63, 3.8) is 0 Å². The van der Waals surface area contributed by atoms with Crippen LogP contribution in [0, 0.1) is 0 Å². The fourth-order valence-corrected chi connectivity index (χ4v) is 183. The molecule has 0 N–H and O–H groups in total. The second-order valence-electron chi connectivity index (χ2n) is 7.12. The minimum atomic E-state index is -0.809. The van der Waals surface area contributed by atoms with Gasteiger partial charge in [0.25, 0.3) is 0 Å². The molecule has 84 valence electrons. The van der Waals surface area contributed by atoms with Gasteiger partial charge in [-0.3, -0.25) is 7.83 Å². The molecule has 0 atom stereocenters. The molecule has 0 saturated carbocycles. The van der Waals surface area contributed by atoms with Crippen LogP contribution in [0.5, 0.6) is 0 Å². The Balaban J connectivity index is 3.38. The summed E-state index contributed by atoms with van der Waals surface area (Å²) in [5.74, 6) is 0. The van der Waals surface area contributed by atoms with Gasteiger partial charge in [0, 0.05) is 0 Å². The maximum absolute atomic E-state index is 2.77. The van der Waals surface area contributed by atoms with Gasteiger partial charge in [-0.2, -0.15) is 6.55 Å². The Kier molecular flexibility index (Phi) is 2.87. The Morgan fingerprint density at radius 1 is 0.571 bits per heavy atom. The molecule has 0 spiro atoms. The molecular weight excluding hydrogens is 249 g/mol. The van der Waals surface area contributed by atoms with E-state index in [0.717, 1.165) is 0 Å². The van der Waals surface area contributed by atoms with Crippen molar-refractivity contribution in [2.75, 3.05) is 0 Å². The Bertz CT molecular complexity index is 228. The van der Waals surface area contributed by atoms with E-state index in [4.69, 9.17) is 0 Å². The molecular formula is C9H27Si5-. The zero-order valence-corrected chi connectivity index (χ0v) is 16.5. The van der Waals surface area contributed by atoms with Gasteiger partial charge in [0.05, 0.1) is 0 Å². The molecule has 0 bridgehead atoms. The quantitative estimate of drug-likeness (QED) is 0.595. The topological polar surface area (TPSA) is 0 Å². The lowest BCUT2D eigenvalue weighted by Crippen LogP contribution is -2.69. The van der Waals surface area contributed by atoms with Crippen LogP contribution in [0.4, 0.5) is 0 Å². The van der Waals surface area contributed by atoms with E-state index in [2.05, 4.69) is 58.9 Å². The first-order valence-corrected chi connectivity index (χ1v) is 24.8. The average molecular weight is 276 g/mol. The van der Waals surface area contributed by atoms with Gasteiger partial charge in [0.2, 0.25) is 0 Å². The van der Waals surface area contributed by atoms with Crippen molar-refractivity contribution in [1.29, 1.82) is 0 Å². The van der Waals surface area contributed by atoms with Crippen LogP contribution in [0.2, 0.25) is 58.9 Å². The summed E-state index contributed by atoms with van der Waals surface area (Å²) in [6.45, 7) is 24.8. The monoisotopic (exact) mass is 275 g/mol. The summed E-state index contributed by atoms with van der Waals surface area (Å²) in [4.78, 5) is 0. The van der Waals surface area contributed by atoms with Gasteiger partial charge in [-0.15, -0.1) is 14.2 Å². The molecule has 0 unspecified atom stereocenters. The first-order valence-electron chi connectivity index (χ1n) is 5.75. The standard InChI is InChI=1S/C9H27Si5/c1-10-11(2,3)13(6,7)14(8,9)12(10,4)5/h1-9H3/q-1. The highest BCUT2D eigenvalue weighted by atomic mass is 30.2. The first kappa shape index (κ1) is 13.2. The third kappa shape index (κ3) is 1.19. The molecule has 0 aliphatic carbocycles. The van der Waals surface area contributed by atoms with Gasteiger partial charge >= 0.3 is 0 Å². The van der Waals surface area contributed by atoms with Gasteiger partial charge in [0.1, 0.15) is 0 Å². The van der Waals surface area contributed by atoms with Gasteiger partial charge in [-0.1, -0.05) is 52.4 Å². The molecule has 0 aromatic heterocycles. The van der Waals surface area contributed by atoms with Crippen LogP contribution >= 0.6 is 0 Å². The fraction of sp³-hybridized carbons (Fsp3) is 1.00. The maximum Gasteiger partial charge on any atom is -0.00186 e. The predicted molar refractivity (Wildman–Crippen MR) is 81.5 cm³/mol. The third-order valence-electron chi connectivity index (χ3n) is 6.56. The smallest absolute Gasteiger partial charge is 0.00186 e. The van der Waals surface area contributed by atoms with Crippen molar-refractivity contribution in [1.82, 2.24) is 0 Å². The summed E-state index contributed by atoms with van der Waals surface area (Å²) in [6.07, 6.45) is 0. The molecule has 1 aliphatic heterocycles. The van der Waals surface area contributed by atoms with Gasteiger partial charge in [0.15, 0.2) is 0 Å². The van der Waals surface area contributed by atoms with Crippen LogP contribution in [0.1, 0.15) is 0 Å². The molecule has 0 nitrogen and oxygen atoms in total. The number of hydrogen-bond acceptors (Lipinski definition) is 0. The van der Waals surface area contributed by atoms with E-state index < -0.39 is 28.4 Å². The zero-order valence-electron chi connectivity index (χ0n) is 11.5. The summed E-state index contributed by atoms with van der Waals surface area (Å²) < 4.78 is 0. The normalized spacial score (nSPS) is 33.2. The molecule has 1 fully saturated rings. The van der Waals surface area contributed by atoms with E-state index in [1.54, 1.807) is 0 Å². The fourth-order valence-electron chi connectivity index (χ4n) is 3.28. The van der Waals surface area contributed by atoms with Crippen LogP contribution in [0.15, 0.2) is 0 Å². The lowest BCUT2D eigenvalue weighted by Gasteiger charge is -2.48. The molecule has 0 aromatic carbocycles. The van der Waals surface area contributed by atoms with Gasteiger partial charge in [-0.05, 0) is 14.2 Å². The van der Waals surface area contributed by atoms with E-state index in [1.165, 1.54) is 0 Å². The highest BCUT2D eigenvalue weighted by molar-refractivity contribution is 8.09. The van der Waals surface area contributed by atoms with Crippen molar-refractivity contribution in [2.45, 2.75) is 58.9 Å². The SMILES string of the molecule is C[Si-]1[Si](C)(C)[Si](C)(C)[Si](C)(C)[Si]1(C)C. The first-order chi connectivity index (χ1) is 5.90. The van der Waals surface area contributed by atoms with Crippen molar-refractivity contribution < 1.29 is 0 Å². The van der Waals surface area contributed by atoms with Crippen LogP contribution in [0.3, 0.4) is 0 Å². The number of rotatable bonds is 0. The predicted octanol–water partition coefficient (Wildman–Crippen LogP) is 3.35. The van der Waals surface area contributed by atoms with Gasteiger partial charge in [-0.25, -0.2) is 0 Å². The molecule has 1 heterocycles. The zero-order chi connectivity index (χ0) is 11.6.